The average molecular weight is 320 g/mol. The molecule has 2 nitrogen and oxygen atoms in total. The molecule has 0 unspecified atom stereocenters. The third kappa shape index (κ3) is 7.96. The molecule has 0 atom stereocenters. The average Bonchev–Trinajstić information content (AvgIpc) is 2.18. The van der Waals surface area contributed by atoms with Crippen LogP contribution in [-0.4, -0.2) is 32.1 Å². The number of nitrogens with zero attached hydrogens (tertiary/aromatic N) is 1. The van der Waals surface area contributed by atoms with Gasteiger partial charge in [-0.15, -0.1) is 24.8 Å². The summed E-state index contributed by atoms with van der Waals surface area (Å²) in [5.41, 5.74) is 1.02. The zero-order chi connectivity index (χ0) is 11.3. The lowest BCUT2D eigenvalue weighted by molar-refractivity contribution is 0.405. The van der Waals surface area contributed by atoms with Gasteiger partial charge in [-0.2, -0.15) is 0 Å². The monoisotopic (exact) mass is 318 g/mol. The molecule has 1 rings (SSSR count). The molecule has 1 N–H and O–H groups in total. The predicted molar refractivity (Wildman–Crippen MR) is 82.6 cm³/mol. The number of anilines is 1. The Balaban J connectivity index is 0. The van der Waals surface area contributed by atoms with E-state index in [2.05, 4.69) is 24.3 Å². The number of nitrogens with one attached hydrogen (secondary N) is 1. The molecule has 1 aromatic rings. The lowest BCUT2D eigenvalue weighted by Gasteiger charge is -2.10. The molecule has 0 fully saturated rings. The fraction of sp³-hybridized carbons (Fsp3) is 0.455. The van der Waals surface area contributed by atoms with Gasteiger partial charge in [-0.25, -0.2) is 0 Å². The van der Waals surface area contributed by atoms with Gasteiger partial charge in [0, 0.05) is 12.2 Å². The van der Waals surface area contributed by atoms with E-state index >= 15 is 0 Å². The van der Waals surface area contributed by atoms with Gasteiger partial charge in [0.05, 0.1) is 10.0 Å². The van der Waals surface area contributed by atoms with Crippen LogP contribution in [0.2, 0.25) is 10.0 Å². The molecule has 1 aromatic carbocycles. The number of hydrogen-bond acceptors (Lipinski definition) is 2. The van der Waals surface area contributed by atoms with Crippen molar-refractivity contribution in [3.8, 4) is 0 Å². The van der Waals surface area contributed by atoms with Crippen LogP contribution in [0.4, 0.5) is 5.69 Å². The van der Waals surface area contributed by atoms with E-state index in [0.717, 1.165) is 25.2 Å². The molecule has 6 heteroatoms. The Morgan fingerprint density at radius 3 is 2.29 bits per heavy atom. The Labute approximate surface area is 125 Å². The zero-order valence-electron chi connectivity index (χ0n) is 9.87. The summed E-state index contributed by atoms with van der Waals surface area (Å²) in [4.78, 5) is 2.16. The molecule has 0 saturated carbocycles. The first-order valence-corrected chi connectivity index (χ1v) is 5.69. The van der Waals surface area contributed by atoms with Gasteiger partial charge in [0.25, 0.3) is 0 Å². The maximum absolute atomic E-state index is 5.90. The largest absolute Gasteiger partial charge is 0.385 e. The fourth-order valence-electron chi connectivity index (χ4n) is 1.23. The van der Waals surface area contributed by atoms with E-state index in [1.807, 2.05) is 12.1 Å². The first-order valence-electron chi connectivity index (χ1n) is 4.93. The van der Waals surface area contributed by atoms with E-state index in [1.165, 1.54) is 0 Å². The summed E-state index contributed by atoms with van der Waals surface area (Å²) in [7, 11) is 4.14. The third-order valence-electron chi connectivity index (χ3n) is 2.03. The van der Waals surface area contributed by atoms with Gasteiger partial charge in [-0.3, -0.25) is 0 Å². The second kappa shape index (κ2) is 10.1. The maximum Gasteiger partial charge on any atom is 0.0612 e. The molecule has 0 amide bonds. The first kappa shape index (κ1) is 19.5. The minimum atomic E-state index is 0. The second-order valence-corrected chi connectivity index (χ2v) is 4.53. The topological polar surface area (TPSA) is 15.3 Å². The summed E-state index contributed by atoms with van der Waals surface area (Å²) < 4.78 is 0. The Bertz CT molecular complexity index is 318. The van der Waals surface area contributed by atoms with Crippen molar-refractivity contribution in [1.82, 2.24) is 4.90 Å². The Morgan fingerprint density at radius 2 is 1.76 bits per heavy atom. The SMILES string of the molecule is CN(C)CCCNc1ccc(Cl)c(Cl)c1.Cl.Cl. The van der Waals surface area contributed by atoms with Crippen molar-refractivity contribution in [3.05, 3.63) is 28.2 Å². The maximum atomic E-state index is 5.90. The van der Waals surface area contributed by atoms with E-state index in [1.54, 1.807) is 6.07 Å². The van der Waals surface area contributed by atoms with Crippen LogP contribution in [0.15, 0.2) is 18.2 Å². The van der Waals surface area contributed by atoms with E-state index in [9.17, 15) is 0 Å². The number of hydrogen-bond donors (Lipinski definition) is 1. The summed E-state index contributed by atoms with van der Waals surface area (Å²) >= 11 is 11.7. The van der Waals surface area contributed by atoms with Crippen molar-refractivity contribution < 1.29 is 0 Å². The molecule has 0 saturated heterocycles. The quantitative estimate of drug-likeness (QED) is 0.818. The van der Waals surface area contributed by atoms with Crippen LogP contribution in [0.1, 0.15) is 6.42 Å². The highest BCUT2D eigenvalue weighted by Gasteiger charge is 1.98. The summed E-state index contributed by atoms with van der Waals surface area (Å²) in [5, 5.41) is 4.48. The Morgan fingerprint density at radius 1 is 1.12 bits per heavy atom. The molecule has 0 aromatic heterocycles. The van der Waals surface area contributed by atoms with Gasteiger partial charge >= 0.3 is 0 Å². The Kier molecular flexibility index (Phi) is 11.6. The standard InChI is InChI=1S/C11H16Cl2N2.2ClH/c1-15(2)7-3-6-14-9-4-5-10(12)11(13)8-9;;/h4-5,8,14H,3,6-7H2,1-2H3;2*1H. The van der Waals surface area contributed by atoms with Gasteiger partial charge in [-0.05, 0) is 45.3 Å². The molecule has 0 aliphatic carbocycles. The van der Waals surface area contributed by atoms with Crippen LogP contribution in [0, 0.1) is 0 Å². The van der Waals surface area contributed by atoms with Gasteiger partial charge in [-0.1, -0.05) is 23.2 Å². The van der Waals surface area contributed by atoms with Crippen molar-refractivity contribution in [2.75, 3.05) is 32.5 Å². The molecular formula is C11H18Cl4N2. The van der Waals surface area contributed by atoms with Crippen molar-refractivity contribution in [1.29, 1.82) is 0 Å². The summed E-state index contributed by atoms with van der Waals surface area (Å²) in [6, 6.07) is 5.58. The van der Waals surface area contributed by atoms with Gasteiger partial charge in [0.15, 0.2) is 0 Å². The smallest absolute Gasteiger partial charge is 0.0612 e. The van der Waals surface area contributed by atoms with Crippen molar-refractivity contribution in [2.45, 2.75) is 6.42 Å². The highest BCUT2D eigenvalue weighted by atomic mass is 35.5. The summed E-state index contributed by atoms with van der Waals surface area (Å²) in [6.07, 6.45) is 1.10. The van der Waals surface area contributed by atoms with E-state index in [4.69, 9.17) is 23.2 Å². The third-order valence-corrected chi connectivity index (χ3v) is 2.77. The highest BCUT2D eigenvalue weighted by molar-refractivity contribution is 6.42. The molecule has 0 heterocycles. The lowest BCUT2D eigenvalue weighted by atomic mass is 10.3. The highest BCUT2D eigenvalue weighted by Crippen LogP contribution is 2.24. The molecular weight excluding hydrogens is 302 g/mol. The van der Waals surface area contributed by atoms with Crippen molar-refractivity contribution in [2.24, 2.45) is 0 Å². The van der Waals surface area contributed by atoms with Gasteiger partial charge in [0.1, 0.15) is 0 Å². The summed E-state index contributed by atoms with van der Waals surface area (Å²) in [6.45, 7) is 2.02. The van der Waals surface area contributed by atoms with Crippen LogP contribution in [0.3, 0.4) is 0 Å². The number of rotatable bonds is 5. The second-order valence-electron chi connectivity index (χ2n) is 3.71. The van der Waals surface area contributed by atoms with Crippen LogP contribution >= 0.6 is 48.0 Å². The van der Waals surface area contributed by atoms with Gasteiger partial charge in [0.2, 0.25) is 0 Å². The van der Waals surface area contributed by atoms with Crippen LogP contribution in [-0.2, 0) is 0 Å². The number of halogens is 4. The summed E-state index contributed by atoms with van der Waals surface area (Å²) in [5.74, 6) is 0. The van der Waals surface area contributed by atoms with E-state index < -0.39 is 0 Å². The van der Waals surface area contributed by atoms with Crippen LogP contribution in [0.25, 0.3) is 0 Å². The van der Waals surface area contributed by atoms with Crippen molar-refractivity contribution in [3.63, 3.8) is 0 Å². The molecule has 0 aliphatic rings. The predicted octanol–water partition coefficient (Wildman–Crippen LogP) is 4.20. The number of benzene rings is 1. The zero-order valence-corrected chi connectivity index (χ0v) is 13.0. The minimum Gasteiger partial charge on any atom is -0.385 e. The minimum absolute atomic E-state index is 0. The molecule has 0 bridgehead atoms. The first-order chi connectivity index (χ1) is 7.09. The van der Waals surface area contributed by atoms with E-state index in [0.29, 0.717) is 10.0 Å². The van der Waals surface area contributed by atoms with Crippen LogP contribution in [0.5, 0.6) is 0 Å². The van der Waals surface area contributed by atoms with E-state index in [-0.39, 0.29) is 24.8 Å². The molecule has 0 aliphatic heterocycles. The van der Waals surface area contributed by atoms with Crippen LogP contribution < -0.4 is 5.32 Å². The van der Waals surface area contributed by atoms with Gasteiger partial charge < -0.3 is 10.2 Å². The molecule has 0 radical (unpaired) electrons. The Hall–Kier alpha value is 0.140. The normalized spacial score (nSPS) is 9.47. The lowest BCUT2D eigenvalue weighted by Crippen LogP contribution is -2.16. The fourth-order valence-corrected chi connectivity index (χ4v) is 1.53. The molecule has 17 heavy (non-hydrogen) atoms. The molecule has 100 valence electrons. The van der Waals surface area contributed by atoms with Crippen molar-refractivity contribution >= 4 is 53.7 Å². The molecule has 0 spiro atoms.